The van der Waals surface area contributed by atoms with Gasteiger partial charge in [0.15, 0.2) is 5.65 Å². The minimum absolute atomic E-state index is 0.156. The molecule has 156 valence electrons. The lowest BCUT2D eigenvalue weighted by Crippen LogP contribution is -2.35. The zero-order valence-corrected chi connectivity index (χ0v) is 17.6. The number of pyridine rings is 1. The van der Waals surface area contributed by atoms with Gasteiger partial charge in [0.05, 0.1) is 22.7 Å². The summed E-state index contributed by atoms with van der Waals surface area (Å²) >= 11 is 1.82. The zero-order chi connectivity index (χ0) is 20.1. The molecule has 0 atom stereocenters. The van der Waals surface area contributed by atoms with E-state index in [-0.39, 0.29) is 12.1 Å². The van der Waals surface area contributed by atoms with Crippen LogP contribution in [0.15, 0.2) is 29.3 Å². The smallest absolute Gasteiger partial charge is 0.227 e. The maximum absolute atomic E-state index is 9.74. The average molecular weight is 424 g/mol. The van der Waals surface area contributed by atoms with Crippen molar-refractivity contribution in [3.63, 3.8) is 0 Å². The van der Waals surface area contributed by atoms with Crippen molar-refractivity contribution in [2.75, 3.05) is 35.7 Å². The van der Waals surface area contributed by atoms with E-state index in [2.05, 4.69) is 24.8 Å². The third-order valence-electron chi connectivity index (χ3n) is 6.53. The van der Waals surface area contributed by atoms with Gasteiger partial charge in [-0.15, -0.1) is 22.0 Å². The van der Waals surface area contributed by atoms with Crippen LogP contribution >= 0.6 is 11.8 Å². The number of fused-ring (bicyclic) bond motifs is 2. The molecule has 0 unspecified atom stereocenters. The number of aromatic nitrogens is 5. The lowest BCUT2D eigenvalue weighted by Gasteiger charge is -2.32. The fourth-order valence-corrected chi connectivity index (χ4v) is 5.53. The Hall–Kier alpha value is -2.39. The molecule has 0 bridgehead atoms. The van der Waals surface area contributed by atoms with Crippen LogP contribution in [0.1, 0.15) is 43.1 Å². The van der Waals surface area contributed by atoms with Crippen molar-refractivity contribution < 1.29 is 5.11 Å². The summed E-state index contributed by atoms with van der Waals surface area (Å²) in [6.45, 7) is 1.97. The molecule has 1 aliphatic carbocycles. The first kappa shape index (κ1) is 18.4. The van der Waals surface area contributed by atoms with Gasteiger partial charge in [-0.25, -0.2) is 4.98 Å². The van der Waals surface area contributed by atoms with E-state index in [4.69, 9.17) is 9.97 Å². The summed E-state index contributed by atoms with van der Waals surface area (Å²) in [5, 5.41) is 22.1. The lowest BCUT2D eigenvalue weighted by atomic mass is 9.96. The highest BCUT2D eigenvalue weighted by Gasteiger charge is 2.43. The number of nitrogens with one attached hydrogen (secondary N) is 1. The van der Waals surface area contributed by atoms with E-state index in [1.54, 1.807) is 0 Å². The SMILES string of the molecule is OCC1(Nc2nc(N3CCC(c4nnc5ccccn45)CC3)nc3c2SCC3)CC1. The first-order valence-electron chi connectivity index (χ1n) is 10.7. The van der Waals surface area contributed by atoms with E-state index in [0.717, 1.165) is 79.9 Å². The number of anilines is 2. The molecule has 3 aliphatic rings. The van der Waals surface area contributed by atoms with Gasteiger partial charge in [0.25, 0.3) is 0 Å². The number of hydrogen-bond donors (Lipinski definition) is 2. The molecule has 0 amide bonds. The van der Waals surface area contributed by atoms with Crippen molar-refractivity contribution in [3.8, 4) is 0 Å². The van der Waals surface area contributed by atoms with Crippen LogP contribution < -0.4 is 10.2 Å². The van der Waals surface area contributed by atoms with Crippen molar-refractivity contribution in [1.29, 1.82) is 0 Å². The summed E-state index contributed by atoms with van der Waals surface area (Å²) in [5.74, 6) is 4.23. The summed E-state index contributed by atoms with van der Waals surface area (Å²) in [6.07, 6.45) is 7.05. The van der Waals surface area contributed by atoms with E-state index in [9.17, 15) is 5.11 Å². The van der Waals surface area contributed by atoms with E-state index in [1.807, 2.05) is 36.2 Å². The summed E-state index contributed by atoms with van der Waals surface area (Å²) in [5.41, 5.74) is 1.87. The zero-order valence-electron chi connectivity index (χ0n) is 16.8. The quantitative estimate of drug-likeness (QED) is 0.647. The third kappa shape index (κ3) is 3.11. The fraction of sp³-hybridized carbons (Fsp3) is 0.524. The molecule has 30 heavy (non-hydrogen) atoms. The van der Waals surface area contributed by atoms with Crippen molar-refractivity contribution in [2.24, 2.45) is 0 Å². The number of piperidine rings is 1. The second kappa shape index (κ2) is 7.09. The Balaban J connectivity index is 1.23. The van der Waals surface area contributed by atoms with Crippen molar-refractivity contribution >= 4 is 29.2 Å². The molecule has 0 radical (unpaired) electrons. The van der Waals surface area contributed by atoms with Gasteiger partial charge in [0.1, 0.15) is 11.6 Å². The second-order valence-electron chi connectivity index (χ2n) is 8.56. The molecule has 3 aromatic heterocycles. The van der Waals surface area contributed by atoms with E-state index >= 15 is 0 Å². The number of aliphatic hydroxyl groups is 1. The van der Waals surface area contributed by atoms with Crippen LogP contribution in [-0.2, 0) is 6.42 Å². The van der Waals surface area contributed by atoms with Gasteiger partial charge in [-0.2, -0.15) is 4.98 Å². The van der Waals surface area contributed by atoms with Gasteiger partial charge >= 0.3 is 0 Å². The highest BCUT2D eigenvalue weighted by Crippen LogP contribution is 2.43. The van der Waals surface area contributed by atoms with Gasteiger partial charge < -0.3 is 15.3 Å². The lowest BCUT2D eigenvalue weighted by molar-refractivity contribution is 0.265. The molecule has 1 saturated carbocycles. The molecule has 2 fully saturated rings. The highest BCUT2D eigenvalue weighted by atomic mass is 32.2. The summed E-state index contributed by atoms with van der Waals surface area (Å²) in [6, 6.07) is 6.02. The molecular formula is C21H25N7OS. The molecule has 0 spiro atoms. The summed E-state index contributed by atoms with van der Waals surface area (Å²) in [7, 11) is 0. The molecule has 2 aliphatic heterocycles. The predicted octanol–water partition coefficient (Wildman–Crippen LogP) is 2.49. The Morgan fingerprint density at radius 1 is 1.17 bits per heavy atom. The van der Waals surface area contributed by atoms with Crippen LogP contribution in [0.4, 0.5) is 11.8 Å². The maximum Gasteiger partial charge on any atom is 0.227 e. The normalized spacial score (nSPS) is 20.5. The van der Waals surface area contributed by atoms with Crippen LogP contribution in [0.2, 0.25) is 0 Å². The number of hydrogen-bond acceptors (Lipinski definition) is 8. The maximum atomic E-state index is 9.74. The van der Waals surface area contributed by atoms with Crippen molar-refractivity contribution in [2.45, 2.75) is 48.5 Å². The van der Waals surface area contributed by atoms with Gasteiger partial charge in [-0.05, 0) is 37.8 Å². The Labute approximate surface area is 179 Å². The van der Waals surface area contributed by atoms with Crippen LogP contribution in [0.25, 0.3) is 5.65 Å². The number of aliphatic hydroxyl groups excluding tert-OH is 1. The van der Waals surface area contributed by atoms with Gasteiger partial charge in [0.2, 0.25) is 5.95 Å². The van der Waals surface area contributed by atoms with Crippen LogP contribution in [0.3, 0.4) is 0 Å². The van der Waals surface area contributed by atoms with Crippen LogP contribution in [-0.4, -0.2) is 60.7 Å². The van der Waals surface area contributed by atoms with Gasteiger partial charge in [-0.1, -0.05) is 6.07 Å². The molecule has 8 nitrogen and oxygen atoms in total. The minimum atomic E-state index is -0.176. The molecule has 5 heterocycles. The largest absolute Gasteiger partial charge is 0.394 e. The van der Waals surface area contributed by atoms with E-state index in [1.165, 1.54) is 4.90 Å². The monoisotopic (exact) mass is 423 g/mol. The van der Waals surface area contributed by atoms with E-state index < -0.39 is 0 Å². The average Bonchev–Trinajstić information content (AvgIpc) is 3.20. The molecule has 1 saturated heterocycles. The molecule has 0 aromatic carbocycles. The molecular weight excluding hydrogens is 398 g/mol. The first-order chi connectivity index (χ1) is 14.7. The van der Waals surface area contributed by atoms with Gasteiger partial charge in [-0.3, -0.25) is 4.40 Å². The molecule has 9 heteroatoms. The predicted molar refractivity (Wildman–Crippen MR) is 116 cm³/mol. The van der Waals surface area contributed by atoms with E-state index in [0.29, 0.717) is 5.92 Å². The molecule has 3 aromatic rings. The highest BCUT2D eigenvalue weighted by molar-refractivity contribution is 7.99. The Kier molecular flexibility index (Phi) is 4.35. The van der Waals surface area contributed by atoms with Gasteiger partial charge in [0, 0.05) is 37.4 Å². The second-order valence-corrected chi connectivity index (χ2v) is 9.66. The third-order valence-corrected chi connectivity index (χ3v) is 7.66. The number of rotatable bonds is 5. The topological polar surface area (TPSA) is 91.5 Å². The molecule has 2 N–H and O–H groups in total. The van der Waals surface area contributed by atoms with Crippen molar-refractivity contribution in [1.82, 2.24) is 24.6 Å². The van der Waals surface area contributed by atoms with Crippen molar-refractivity contribution in [3.05, 3.63) is 35.9 Å². The molecule has 6 rings (SSSR count). The Morgan fingerprint density at radius 3 is 2.83 bits per heavy atom. The fourth-order valence-electron chi connectivity index (χ4n) is 4.48. The first-order valence-corrected chi connectivity index (χ1v) is 11.7. The summed E-state index contributed by atoms with van der Waals surface area (Å²) < 4.78 is 2.11. The number of thioether (sulfide) groups is 1. The Morgan fingerprint density at radius 2 is 2.03 bits per heavy atom. The minimum Gasteiger partial charge on any atom is -0.394 e. The standard InChI is InChI=1S/C21H25N7OS/c29-13-21(7-8-21)24-18-17-15(6-12-30-17)22-20(23-18)27-10-4-14(5-11-27)19-26-25-16-3-1-2-9-28(16)19/h1-3,9,14,29H,4-8,10-13H2,(H,22,23,24). The Bertz CT molecular complexity index is 1090. The number of nitrogens with zero attached hydrogens (tertiary/aromatic N) is 6. The summed E-state index contributed by atoms with van der Waals surface area (Å²) in [4.78, 5) is 13.3. The van der Waals surface area contributed by atoms with Crippen LogP contribution in [0, 0.1) is 0 Å². The number of aryl methyl sites for hydroxylation is 1. The van der Waals surface area contributed by atoms with Crippen LogP contribution in [0.5, 0.6) is 0 Å².